The largest absolute Gasteiger partial charge is 0.444 e. The maximum absolute atomic E-state index is 14.4. The van der Waals surface area contributed by atoms with E-state index >= 15 is 0 Å². The van der Waals surface area contributed by atoms with Crippen molar-refractivity contribution in [3.63, 3.8) is 0 Å². The summed E-state index contributed by atoms with van der Waals surface area (Å²) in [6.07, 6.45) is 2.43. The Labute approximate surface area is 186 Å². The fourth-order valence-electron chi connectivity index (χ4n) is 3.69. The Kier molecular flexibility index (Phi) is 5.59. The van der Waals surface area contributed by atoms with Gasteiger partial charge in [-0.3, -0.25) is 5.32 Å². The summed E-state index contributed by atoms with van der Waals surface area (Å²) >= 11 is 3.47. The van der Waals surface area contributed by atoms with E-state index in [2.05, 4.69) is 31.3 Å². The summed E-state index contributed by atoms with van der Waals surface area (Å²) < 4.78 is 35.5. The molecule has 1 aromatic carbocycles. The first-order chi connectivity index (χ1) is 14.6. The number of carbonyl (C=O) groups is 1. The fourth-order valence-corrected chi connectivity index (χ4v) is 4.16. The van der Waals surface area contributed by atoms with Gasteiger partial charge in [-0.05, 0) is 67.7 Å². The van der Waals surface area contributed by atoms with Crippen LogP contribution in [0.5, 0.6) is 0 Å². The average molecular weight is 494 g/mol. The van der Waals surface area contributed by atoms with Crippen LogP contribution in [0.2, 0.25) is 0 Å². The van der Waals surface area contributed by atoms with Gasteiger partial charge in [-0.25, -0.2) is 23.1 Å². The maximum Gasteiger partial charge on any atom is 0.413 e. The summed E-state index contributed by atoms with van der Waals surface area (Å²) in [7, 11) is 0. The molecule has 31 heavy (non-hydrogen) atoms. The molecule has 0 radical (unpaired) electrons. The van der Waals surface area contributed by atoms with Crippen LogP contribution in [-0.4, -0.2) is 32.8 Å². The highest BCUT2D eigenvalue weighted by Crippen LogP contribution is 2.38. The molecule has 1 atom stereocenters. The van der Waals surface area contributed by atoms with Gasteiger partial charge in [-0.2, -0.15) is 0 Å². The maximum atomic E-state index is 14.4. The van der Waals surface area contributed by atoms with E-state index in [1.54, 1.807) is 26.8 Å². The van der Waals surface area contributed by atoms with Gasteiger partial charge in [0.2, 0.25) is 0 Å². The second kappa shape index (κ2) is 8.07. The normalized spacial score (nSPS) is 16.7. The van der Waals surface area contributed by atoms with Crippen molar-refractivity contribution >= 4 is 39.2 Å². The van der Waals surface area contributed by atoms with Crippen molar-refractivity contribution in [3.05, 3.63) is 52.3 Å². The van der Waals surface area contributed by atoms with Gasteiger partial charge in [0.15, 0.2) is 5.82 Å². The minimum Gasteiger partial charge on any atom is -0.444 e. The smallest absolute Gasteiger partial charge is 0.413 e. The molecule has 3 aromatic rings. The molecule has 1 saturated heterocycles. The van der Waals surface area contributed by atoms with E-state index < -0.39 is 23.3 Å². The minimum absolute atomic E-state index is 0.294. The van der Waals surface area contributed by atoms with E-state index in [1.165, 1.54) is 16.9 Å². The van der Waals surface area contributed by atoms with E-state index in [9.17, 15) is 13.6 Å². The Morgan fingerprint density at radius 2 is 2.06 bits per heavy atom. The molecule has 0 spiro atoms. The zero-order valence-electron chi connectivity index (χ0n) is 17.3. The molecule has 1 aliphatic rings. The van der Waals surface area contributed by atoms with Gasteiger partial charge in [0.1, 0.15) is 29.4 Å². The molecule has 1 amide bonds. The van der Waals surface area contributed by atoms with Crippen LogP contribution in [-0.2, 0) is 4.74 Å². The molecule has 0 saturated carbocycles. The molecule has 0 unspecified atom stereocenters. The zero-order valence-corrected chi connectivity index (χ0v) is 18.9. The Morgan fingerprint density at radius 3 is 2.81 bits per heavy atom. The highest BCUT2D eigenvalue weighted by Gasteiger charge is 2.30. The van der Waals surface area contributed by atoms with Crippen molar-refractivity contribution in [2.75, 3.05) is 16.8 Å². The second-order valence-electron chi connectivity index (χ2n) is 8.38. The van der Waals surface area contributed by atoms with Crippen molar-refractivity contribution < 1.29 is 18.3 Å². The molecule has 1 N–H and O–H groups in total. The quantitative estimate of drug-likeness (QED) is 0.524. The van der Waals surface area contributed by atoms with Crippen molar-refractivity contribution in [1.82, 2.24) is 14.6 Å². The molecule has 0 bridgehead atoms. The van der Waals surface area contributed by atoms with Crippen molar-refractivity contribution in [1.29, 1.82) is 0 Å². The fraction of sp³-hybridized carbons (Fsp3) is 0.381. The number of nitrogens with zero attached hydrogens (tertiary/aromatic N) is 4. The molecule has 10 heteroatoms. The van der Waals surface area contributed by atoms with E-state index in [-0.39, 0.29) is 6.04 Å². The number of fused-ring (bicyclic) bond motifs is 1. The summed E-state index contributed by atoms with van der Waals surface area (Å²) in [5.74, 6) is 0.00207. The van der Waals surface area contributed by atoms with E-state index in [4.69, 9.17) is 4.74 Å². The number of hydrogen-bond donors (Lipinski definition) is 1. The first-order valence-corrected chi connectivity index (χ1v) is 10.7. The summed E-state index contributed by atoms with van der Waals surface area (Å²) in [5, 5.41) is 6.94. The van der Waals surface area contributed by atoms with Gasteiger partial charge in [0.05, 0.1) is 16.0 Å². The van der Waals surface area contributed by atoms with Crippen molar-refractivity contribution in [2.24, 2.45) is 0 Å². The number of rotatable bonds is 3. The summed E-state index contributed by atoms with van der Waals surface area (Å²) in [6.45, 7) is 5.98. The van der Waals surface area contributed by atoms with Gasteiger partial charge < -0.3 is 9.64 Å². The van der Waals surface area contributed by atoms with Crippen LogP contribution in [0.3, 0.4) is 0 Å². The lowest BCUT2D eigenvalue weighted by molar-refractivity contribution is 0.0635. The number of carbonyl (C=O) groups excluding carboxylic acids is 1. The molecular weight excluding hydrogens is 472 g/mol. The van der Waals surface area contributed by atoms with E-state index in [0.717, 1.165) is 18.6 Å². The first kappa shape index (κ1) is 21.5. The average Bonchev–Trinajstić information content (AvgIpc) is 3.27. The highest BCUT2D eigenvalue weighted by molar-refractivity contribution is 9.10. The lowest BCUT2D eigenvalue weighted by Gasteiger charge is -2.26. The Bertz CT molecular complexity index is 1140. The number of anilines is 2. The van der Waals surface area contributed by atoms with Crippen molar-refractivity contribution in [2.45, 2.75) is 45.3 Å². The first-order valence-electron chi connectivity index (χ1n) is 9.88. The molecule has 0 aliphatic carbocycles. The van der Waals surface area contributed by atoms with Crippen LogP contribution in [0.1, 0.15) is 45.2 Å². The summed E-state index contributed by atoms with van der Waals surface area (Å²) in [6, 6.07) is 5.00. The van der Waals surface area contributed by atoms with Crippen LogP contribution in [0.4, 0.5) is 25.2 Å². The van der Waals surface area contributed by atoms with E-state index in [0.29, 0.717) is 40.2 Å². The number of nitrogens with one attached hydrogen (secondary N) is 1. The number of amides is 1. The minimum atomic E-state index is -0.638. The number of hydrogen-bond acceptors (Lipinski definition) is 5. The number of aromatic nitrogens is 3. The van der Waals surface area contributed by atoms with Gasteiger partial charge in [0.25, 0.3) is 0 Å². The van der Waals surface area contributed by atoms with Crippen LogP contribution in [0, 0.1) is 11.6 Å². The van der Waals surface area contributed by atoms with Gasteiger partial charge >= 0.3 is 6.09 Å². The molecule has 2 aromatic heterocycles. The topological polar surface area (TPSA) is 71.8 Å². The molecule has 4 rings (SSSR count). The Morgan fingerprint density at radius 1 is 1.29 bits per heavy atom. The SMILES string of the molecule is CC(C)(C)OC(=O)Nc1nn2cnc(N3CCC[C@@H]3c3cc(F)ccc3F)cc2c1Br. The van der Waals surface area contributed by atoms with E-state index in [1.807, 2.05) is 4.90 Å². The van der Waals surface area contributed by atoms with Crippen LogP contribution in [0.15, 0.2) is 35.1 Å². The van der Waals surface area contributed by atoms with Gasteiger partial charge in [0, 0.05) is 18.2 Å². The lowest BCUT2D eigenvalue weighted by atomic mass is 10.0. The summed E-state index contributed by atoms with van der Waals surface area (Å²) in [5.41, 5.74) is 0.349. The number of ether oxygens (including phenoxy) is 1. The Balaban J connectivity index is 1.64. The van der Waals surface area contributed by atoms with Gasteiger partial charge in [-0.15, -0.1) is 5.10 Å². The van der Waals surface area contributed by atoms with Gasteiger partial charge in [-0.1, -0.05) is 0 Å². The predicted molar refractivity (Wildman–Crippen MR) is 116 cm³/mol. The third-order valence-electron chi connectivity index (χ3n) is 4.94. The second-order valence-corrected chi connectivity index (χ2v) is 9.18. The molecular formula is C21H22BrF2N5O2. The van der Waals surface area contributed by atoms with Crippen LogP contribution >= 0.6 is 15.9 Å². The van der Waals surface area contributed by atoms with Crippen LogP contribution in [0.25, 0.3) is 5.52 Å². The molecule has 7 nitrogen and oxygen atoms in total. The summed E-state index contributed by atoms with van der Waals surface area (Å²) in [4.78, 5) is 18.5. The monoisotopic (exact) mass is 493 g/mol. The molecule has 164 valence electrons. The molecule has 3 heterocycles. The zero-order chi connectivity index (χ0) is 22.3. The number of halogens is 3. The van der Waals surface area contributed by atoms with Crippen LogP contribution < -0.4 is 10.2 Å². The highest BCUT2D eigenvalue weighted by atomic mass is 79.9. The lowest BCUT2D eigenvalue weighted by Crippen LogP contribution is -2.27. The third-order valence-corrected chi connectivity index (χ3v) is 5.72. The Hall–Kier alpha value is -2.75. The van der Waals surface area contributed by atoms with Crippen molar-refractivity contribution in [3.8, 4) is 0 Å². The molecule has 1 aliphatic heterocycles. The standard InChI is InChI=1S/C21H22BrF2N5O2/c1-21(2,3)31-20(30)26-19-18(22)16-10-17(25-11-29(16)27-19)28-8-4-5-15(28)13-9-12(23)6-7-14(13)24/h6-7,9-11,15H,4-5,8H2,1-3H3,(H,26,27,30)/t15-/m1/s1. The third kappa shape index (κ3) is 4.48. The predicted octanol–water partition coefficient (Wildman–Crippen LogP) is 5.46. The molecule has 1 fully saturated rings. The number of benzene rings is 1.